The maximum absolute atomic E-state index is 10.3. The van der Waals surface area contributed by atoms with Gasteiger partial charge in [-0.1, -0.05) is 11.6 Å². The highest BCUT2D eigenvalue weighted by Crippen LogP contribution is 2.16. The lowest BCUT2D eigenvalue weighted by atomic mass is 10.3. The molecule has 0 heterocycles. The third-order valence-electron chi connectivity index (χ3n) is 2.24. The Bertz CT molecular complexity index is 354. The lowest BCUT2D eigenvalue weighted by Crippen LogP contribution is -2.01. The molecule has 1 aromatic carbocycles. The second-order valence-corrected chi connectivity index (χ2v) is 5.43. The number of rotatable bonds is 9. The minimum absolute atomic E-state index is 0.266. The van der Waals surface area contributed by atoms with Gasteiger partial charge in [0, 0.05) is 17.2 Å². The Morgan fingerprint density at radius 3 is 2.61 bits per heavy atom. The van der Waals surface area contributed by atoms with Gasteiger partial charge in [-0.15, -0.1) is 0 Å². The number of benzene rings is 1. The van der Waals surface area contributed by atoms with E-state index in [1.165, 1.54) is 0 Å². The van der Waals surface area contributed by atoms with Crippen molar-refractivity contribution in [3.8, 4) is 5.75 Å². The van der Waals surface area contributed by atoms with Crippen LogP contribution < -0.4 is 4.74 Å². The van der Waals surface area contributed by atoms with Crippen molar-refractivity contribution in [3.63, 3.8) is 0 Å². The largest absolute Gasteiger partial charge is 0.493 e. The Morgan fingerprint density at radius 2 is 1.94 bits per heavy atom. The molecule has 100 valence electrons. The molecule has 18 heavy (non-hydrogen) atoms. The first kappa shape index (κ1) is 15.2. The van der Waals surface area contributed by atoms with Gasteiger partial charge in [0.05, 0.1) is 6.61 Å². The van der Waals surface area contributed by atoms with Gasteiger partial charge in [-0.2, -0.15) is 11.8 Å². The second kappa shape index (κ2) is 9.11. The van der Waals surface area contributed by atoms with Gasteiger partial charge < -0.3 is 9.84 Å². The van der Waals surface area contributed by atoms with Crippen LogP contribution in [-0.2, 0) is 4.79 Å². The normalized spacial score (nSPS) is 10.3. The van der Waals surface area contributed by atoms with E-state index in [1.54, 1.807) is 23.9 Å². The Morgan fingerprint density at radius 1 is 1.22 bits per heavy atom. The van der Waals surface area contributed by atoms with Crippen LogP contribution in [0.25, 0.3) is 0 Å². The molecule has 1 rings (SSSR count). The van der Waals surface area contributed by atoms with Crippen molar-refractivity contribution in [2.24, 2.45) is 0 Å². The van der Waals surface area contributed by atoms with Crippen molar-refractivity contribution in [1.82, 2.24) is 0 Å². The molecule has 1 aromatic rings. The number of ether oxygens (including phenoxy) is 1. The summed E-state index contributed by atoms with van der Waals surface area (Å²) in [5, 5.41) is 9.17. The van der Waals surface area contributed by atoms with Crippen molar-refractivity contribution < 1.29 is 14.6 Å². The smallest absolute Gasteiger partial charge is 0.303 e. The summed E-state index contributed by atoms with van der Waals surface area (Å²) in [4.78, 5) is 10.3. The maximum atomic E-state index is 10.3. The third-order valence-corrected chi connectivity index (χ3v) is 3.52. The first-order valence-electron chi connectivity index (χ1n) is 5.86. The van der Waals surface area contributed by atoms with Crippen molar-refractivity contribution >= 4 is 29.3 Å². The van der Waals surface area contributed by atoms with Gasteiger partial charge in [-0.05, 0) is 42.9 Å². The van der Waals surface area contributed by atoms with Crippen LogP contribution in [0.3, 0.4) is 0 Å². The van der Waals surface area contributed by atoms with Crippen LogP contribution >= 0.6 is 23.4 Å². The Labute approximate surface area is 116 Å². The van der Waals surface area contributed by atoms with E-state index < -0.39 is 5.97 Å². The van der Waals surface area contributed by atoms with Crippen molar-refractivity contribution in [2.75, 3.05) is 18.1 Å². The van der Waals surface area contributed by atoms with Gasteiger partial charge in [-0.3, -0.25) is 4.79 Å². The summed E-state index contributed by atoms with van der Waals surface area (Å²) in [5.74, 6) is 2.00. The third kappa shape index (κ3) is 7.45. The van der Waals surface area contributed by atoms with Crippen LogP contribution in [0, 0.1) is 0 Å². The molecule has 0 aliphatic rings. The number of hydrogen-bond donors (Lipinski definition) is 1. The van der Waals surface area contributed by atoms with Crippen molar-refractivity contribution in [2.45, 2.75) is 19.3 Å². The van der Waals surface area contributed by atoms with Crippen LogP contribution in [0.15, 0.2) is 24.3 Å². The highest BCUT2D eigenvalue weighted by molar-refractivity contribution is 7.99. The van der Waals surface area contributed by atoms with E-state index in [0.29, 0.717) is 11.6 Å². The van der Waals surface area contributed by atoms with Gasteiger partial charge in [-0.25, -0.2) is 0 Å². The van der Waals surface area contributed by atoms with Crippen molar-refractivity contribution in [3.05, 3.63) is 29.3 Å². The molecule has 5 heteroatoms. The number of carboxylic acids is 1. The average Bonchev–Trinajstić information content (AvgIpc) is 2.34. The minimum Gasteiger partial charge on any atom is -0.493 e. The predicted octanol–water partition coefficient (Wildman–Crippen LogP) is 3.71. The van der Waals surface area contributed by atoms with Crippen LogP contribution in [0.2, 0.25) is 5.02 Å². The SMILES string of the molecule is O=C(O)CCCCSCCOc1ccc(Cl)cc1. The van der Waals surface area contributed by atoms with Gasteiger partial charge in [0.15, 0.2) is 0 Å². The van der Waals surface area contributed by atoms with E-state index >= 15 is 0 Å². The van der Waals surface area contributed by atoms with E-state index in [0.717, 1.165) is 30.1 Å². The van der Waals surface area contributed by atoms with Crippen molar-refractivity contribution in [1.29, 1.82) is 0 Å². The van der Waals surface area contributed by atoms with E-state index in [1.807, 2.05) is 12.1 Å². The Balaban J connectivity index is 1.95. The topological polar surface area (TPSA) is 46.5 Å². The summed E-state index contributed by atoms with van der Waals surface area (Å²) >= 11 is 7.55. The molecule has 0 bridgehead atoms. The molecule has 0 aromatic heterocycles. The van der Waals surface area contributed by atoms with E-state index in [2.05, 4.69) is 0 Å². The number of hydrogen-bond acceptors (Lipinski definition) is 3. The summed E-state index contributed by atoms with van der Waals surface area (Å²) in [6.07, 6.45) is 1.96. The molecule has 0 atom stereocenters. The fourth-order valence-electron chi connectivity index (χ4n) is 1.33. The number of halogens is 1. The molecule has 0 saturated heterocycles. The lowest BCUT2D eigenvalue weighted by Gasteiger charge is -2.05. The van der Waals surface area contributed by atoms with E-state index in [-0.39, 0.29) is 6.42 Å². The first-order chi connectivity index (χ1) is 8.68. The summed E-state index contributed by atoms with van der Waals surface area (Å²) in [6, 6.07) is 7.30. The van der Waals surface area contributed by atoms with Gasteiger partial charge in [0.25, 0.3) is 0 Å². The van der Waals surface area contributed by atoms with Crippen LogP contribution in [0.1, 0.15) is 19.3 Å². The second-order valence-electron chi connectivity index (χ2n) is 3.77. The molecule has 0 saturated carbocycles. The maximum Gasteiger partial charge on any atom is 0.303 e. The summed E-state index contributed by atoms with van der Waals surface area (Å²) < 4.78 is 5.53. The molecule has 3 nitrogen and oxygen atoms in total. The summed E-state index contributed by atoms with van der Waals surface area (Å²) in [5.41, 5.74) is 0. The zero-order chi connectivity index (χ0) is 13.2. The fraction of sp³-hybridized carbons (Fsp3) is 0.462. The molecule has 0 fully saturated rings. The zero-order valence-electron chi connectivity index (χ0n) is 10.1. The molecule has 0 radical (unpaired) electrons. The average molecular weight is 289 g/mol. The molecule has 0 aliphatic carbocycles. The van der Waals surface area contributed by atoms with Gasteiger partial charge in [0.1, 0.15) is 5.75 Å². The predicted molar refractivity (Wildman–Crippen MR) is 75.8 cm³/mol. The molecular weight excluding hydrogens is 272 g/mol. The fourth-order valence-corrected chi connectivity index (χ4v) is 2.27. The number of unbranched alkanes of at least 4 members (excludes halogenated alkanes) is 1. The number of aliphatic carboxylic acids is 1. The summed E-state index contributed by atoms with van der Waals surface area (Å²) in [6.45, 7) is 0.658. The summed E-state index contributed by atoms with van der Waals surface area (Å²) in [7, 11) is 0. The molecule has 0 spiro atoms. The first-order valence-corrected chi connectivity index (χ1v) is 7.39. The highest BCUT2D eigenvalue weighted by atomic mass is 35.5. The molecule has 0 amide bonds. The number of carboxylic acid groups (broad SMARTS) is 1. The molecule has 0 aliphatic heterocycles. The van der Waals surface area contributed by atoms with E-state index in [4.69, 9.17) is 21.4 Å². The number of carbonyl (C=O) groups is 1. The van der Waals surface area contributed by atoms with Crippen LogP contribution in [-0.4, -0.2) is 29.2 Å². The van der Waals surface area contributed by atoms with E-state index in [9.17, 15) is 4.79 Å². The van der Waals surface area contributed by atoms with Crippen LogP contribution in [0.4, 0.5) is 0 Å². The lowest BCUT2D eigenvalue weighted by molar-refractivity contribution is -0.137. The number of thioether (sulfide) groups is 1. The van der Waals surface area contributed by atoms with Gasteiger partial charge >= 0.3 is 5.97 Å². The molecule has 0 unspecified atom stereocenters. The Kier molecular flexibility index (Phi) is 7.69. The molecular formula is C13H17ClO3S. The quantitative estimate of drug-likeness (QED) is 0.704. The monoisotopic (exact) mass is 288 g/mol. The standard InChI is InChI=1S/C13H17ClO3S/c14-11-4-6-12(7-5-11)17-8-10-18-9-2-1-3-13(15)16/h4-7H,1-3,8-10H2,(H,15,16). The van der Waals surface area contributed by atoms with Crippen LogP contribution in [0.5, 0.6) is 5.75 Å². The zero-order valence-corrected chi connectivity index (χ0v) is 11.7. The molecule has 1 N–H and O–H groups in total. The van der Waals surface area contributed by atoms with Gasteiger partial charge in [0.2, 0.25) is 0 Å². The minimum atomic E-state index is -0.717. The Hall–Kier alpha value is -0.870. The highest BCUT2D eigenvalue weighted by Gasteiger charge is 1.97.